The molecule has 0 spiro atoms. The molecule has 13 heavy (non-hydrogen) atoms. The summed E-state index contributed by atoms with van der Waals surface area (Å²) in [5.41, 5.74) is 1.91. The van der Waals surface area contributed by atoms with Crippen LogP contribution in [0.25, 0.3) is 6.08 Å². The Labute approximate surface area is 77.5 Å². The molecule has 0 saturated heterocycles. The number of rotatable bonds is 2. The van der Waals surface area contributed by atoms with Gasteiger partial charge in [0.05, 0.1) is 0 Å². The van der Waals surface area contributed by atoms with E-state index in [1.807, 2.05) is 6.92 Å². The lowest BCUT2D eigenvalue weighted by molar-refractivity contribution is -0.112. The van der Waals surface area contributed by atoms with Crippen LogP contribution < -0.4 is 0 Å². The molecule has 0 aromatic heterocycles. The van der Waals surface area contributed by atoms with Gasteiger partial charge in [-0.1, -0.05) is 12.1 Å². The lowest BCUT2D eigenvalue weighted by Crippen LogP contribution is -1.83. The fourth-order valence-corrected chi connectivity index (χ4v) is 1.05. The Balaban J connectivity index is 2.96. The van der Waals surface area contributed by atoms with Crippen LogP contribution in [0, 0.1) is 6.92 Å². The number of carbonyl (C=O) groups excluding carboxylic acids is 1. The van der Waals surface area contributed by atoms with E-state index >= 15 is 0 Å². The highest BCUT2D eigenvalue weighted by Gasteiger charge is 1.95. The Morgan fingerprint density at radius 3 is 2.69 bits per heavy atom. The number of aryl methyl sites for hydroxylation is 1. The number of hydrogen-bond acceptors (Lipinski definition) is 2. The Hall–Kier alpha value is -1.57. The van der Waals surface area contributed by atoms with Crippen LogP contribution in [-0.2, 0) is 4.79 Å². The standard InChI is InChI=1S/C11H12O2/c1-8-7-11(13)6-5-10(8)4-3-9(2)12/h3-7,13H,1-2H3/b4-3-. The van der Waals surface area contributed by atoms with Gasteiger partial charge in [0.25, 0.3) is 0 Å². The molecule has 0 aliphatic heterocycles. The van der Waals surface area contributed by atoms with Gasteiger partial charge >= 0.3 is 0 Å². The third kappa shape index (κ3) is 2.75. The summed E-state index contributed by atoms with van der Waals surface area (Å²) < 4.78 is 0. The van der Waals surface area contributed by atoms with E-state index in [4.69, 9.17) is 5.11 Å². The lowest BCUT2D eigenvalue weighted by Gasteiger charge is -1.99. The van der Waals surface area contributed by atoms with Gasteiger partial charge in [-0.05, 0) is 43.2 Å². The van der Waals surface area contributed by atoms with E-state index in [2.05, 4.69) is 0 Å². The predicted octanol–water partition coefficient (Wildman–Crippen LogP) is 2.30. The van der Waals surface area contributed by atoms with Crippen LogP contribution >= 0.6 is 0 Å². The first-order chi connectivity index (χ1) is 6.09. The summed E-state index contributed by atoms with van der Waals surface area (Å²) in [4.78, 5) is 10.7. The van der Waals surface area contributed by atoms with Crippen LogP contribution in [-0.4, -0.2) is 10.9 Å². The molecule has 0 bridgehead atoms. The third-order valence-corrected chi connectivity index (χ3v) is 1.75. The molecule has 1 rings (SSSR count). The molecule has 1 N–H and O–H groups in total. The molecule has 0 atom stereocenters. The number of aromatic hydroxyl groups is 1. The average Bonchev–Trinajstić information content (AvgIpc) is 2.02. The highest BCUT2D eigenvalue weighted by atomic mass is 16.3. The fourth-order valence-electron chi connectivity index (χ4n) is 1.05. The summed E-state index contributed by atoms with van der Waals surface area (Å²) >= 11 is 0. The van der Waals surface area contributed by atoms with Crippen molar-refractivity contribution in [3.05, 3.63) is 35.4 Å². The topological polar surface area (TPSA) is 37.3 Å². The van der Waals surface area contributed by atoms with Crippen molar-refractivity contribution in [3.63, 3.8) is 0 Å². The van der Waals surface area contributed by atoms with Gasteiger partial charge in [0, 0.05) is 0 Å². The first kappa shape index (κ1) is 9.52. The maximum Gasteiger partial charge on any atom is 0.152 e. The minimum atomic E-state index is 0.0208. The summed E-state index contributed by atoms with van der Waals surface area (Å²) in [5.74, 6) is 0.268. The van der Waals surface area contributed by atoms with Crippen molar-refractivity contribution in [2.24, 2.45) is 0 Å². The van der Waals surface area contributed by atoms with Crippen LogP contribution in [0.4, 0.5) is 0 Å². The maximum absolute atomic E-state index is 10.7. The molecule has 2 nitrogen and oxygen atoms in total. The number of allylic oxidation sites excluding steroid dienone is 1. The molecule has 0 amide bonds. The van der Waals surface area contributed by atoms with E-state index in [1.165, 1.54) is 13.0 Å². The molecule has 68 valence electrons. The zero-order valence-electron chi connectivity index (χ0n) is 7.74. The lowest BCUT2D eigenvalue weighted by atomic mass is 10.1. The molecule has 0 heterocycles. The van der Waals surface area contributed by atoms with Crippen molar-refractivity contribution in [1.29, 1.82) is 0 Å². The number of carbonyl (C=O) groups is 1. The minimum absolute atomic E-state index is 0.0208. The van der Waals surface area contributed by atoms with E-state index in [0.29, 0.717) is 0 Å². The molecular formula is C11H12O2. The summed E-state index contributed by atoms with van der Waals surface area (Å²) in [7, 11) is 0. The molecule has 0 fully saturated rings. The van der Waals surface area contributed by atoms with Gasteiger partial charge in [0.1, 0.15) is 5.75 Å². The SMILES string of the molecule is CC(=O)/C=C\c1ccc(O)cc1C. The first-order valence-corrected chi connectivity index (χ1v) is 4.08. The minimum Gasteiger partial charge on any atom is -0.508 e. The summed E-state index contributed by atoms with van der Waals surface area (Å²) in [6.45, 7) is 3.39. The second kappa shape index (κ2) is 3.90. The molecule has 0 unspecified atom stereocenters. The van der Waals surface area contributed by atoms with Crippen LogP contribution in [0.1, 0.15) is 18.1 Å². The van der Waals surface area contributed by atoms with Crippen molar-refractivity contribution in [3.8, 4) is 5.75 Å². The molecule has 0 aliphatic rings. The van der Waals surface area contributed by atoms with Crippen molar-refractivity contribution < 1.29 is 9.90 Å². The monoisotopic (exact) mass is 176 g/mol. The summed E-state index contributed by atoms with van der Waals surface area (Å²) in [6.07, 6.45) is 3.26. The second-order valence-electron chi connectivity index (χ2n) is 2.98. The molecule has 0 aliphatic carbocycles. The Morgan fingerprint density at radius 1 is 1.46 bits per heavy atom. The van der Waals surface area contributed by atoms with Gasteiger partial charge in [-0.15, -0.1) is 0 Å². The number of phenolic OH excluding ortho intramolecular Hbond substituents is 1. The smallest absolute Gasteiger partial charge is 0.152 e. The highest BCUT2D eigenvalue weighted by Crippen LogP contribution is 2.16. The zero-order valence-corrected chi connectivity index (χ0v) is 7.74. The number of benzene rings is 1. The molecular weight excluding hydrogens is 164 g/mol. The van der Waals surface area contributed by atoms with Crippen molar-refractivity contribution in [1.82, 2.24) is 0 Å². The Kier molecular flexibility index (Phi) is 2.85. The van der Waals surface area contributed by atoms with Crippen LogP contribution in [0.5, 0.6) is 5.75 Å². The quantitative estimate of drug-likeness (QED) is 0.702. The van der Waals surface area contributed by atoms with Gasteiger partial charge in [-0.3, -0.25) is 4.79 Å². The molecule has 0 radical (unpaired) electrons. The number of phenols is 1. The molecule has 2 heteroatoms. The van der Waals surface area contributed by atoms with Gasteiger partial charge < -0.3 is 5.11 Å². The van der Waals surface area contributed by atoms with Crippen LogP contribution in [0.3, 0.4) is 0 Å². The predicted molar refractivity (Wildman–Crippen MR) is 52.6 cm³/mol. The van der Waals surface area contributed by atoms with Gasteiger partial charge in [-0.25, -0.2) is 0 Å². The number of ketones is 1. The van der Waals surface area contributed by atoms with E-state index in [9.17, 15) is 4.79 Å². The number of hydrogen-bond donors (Lipinski definition) is 1. The highest BCUT2D eigenvalue weighted by molar-refractivity contribution is 5.91. The van der Waals surface area contributed by atoms with E-state index in [-0.39, 0.29) is 11.5 Å². The Morgan fingerprint density at radius 2 is 2.15 bits per heavy atom. The van der Waals surface area contributed by atoms with Crippen LogP contribution in [0.15, 0.2) is 24.3 Å². The molecule has 1 aromatic rings. The van der Waals surface area contributed by atoms with Crippen molar-refractivity contribution >= 4 is 11.9 Å². The summed E-state index contributed by atoms with van der Waals surface area (Å²) in [6, 6.07) is 5.05. The van der Waals surface area contributed by atoms with Crippen LogP contribution in [0.2, 0.25) is 0 Å². The Bertz CT molecular complexity index is 351. The second-order valence-corrected chi connectivity index (χ2v) is 2.98. The maximum atomic E-state index is 10.7. The zero-order chi connectivity index (χ0) is 9.84. The first-order valence-electron chi connectivity index (χ1n) is 4.08. The van der Waals surface area contributed by atoms with Gasteiger partial charge in [-0.2, -0.15) is 0 Å². The molecule has 1 aromatic carbocycles. The van der Waals surface area contributed by atoms with Gasteiger partial charge in [0.15, 0.2) is 5.78 Å². The molecule has 0 saturated carbocycles. The van der Waals surface area contributed by atoms with Crippen molar-refractivity contribution in [2.75, 3.05) is 0 Å². The third-order valence-electron chi connectivity index (χ3n) is 1.75. The van der Waals surface area contributed by atoms with E-state index < -0.39 is 0 Å². The normalized spacial score (nSPS) is 10.6. The fraction of sp³-hybridized carbons (Fsp3) is 0.182. The largest absolute Gasteiger partial charge is 0.508 e. The van der Waals surface area contributed by atoms with E-state index in [1.54, 1.807) is 24.3 Å². The summed E-state index contributed by atoms with van der Waals surface area (Å²) in [5, 5.41) is 9.12. The van der Waals surface area contributed by atoms with Crippen molar-refractivity contribution in [2.45, 2.75) is 13.8 Å². The van der Waals surface area contributed by atoms with Gasteiger partial charge in [0.2, 0.25) is 0 Å². The average molecular weight is 176 g/mol. The van der Waals surface area contributed by atoms with E-state index in [0.717, 1.165) is 11.1 Å².